The van der Waals surface area contributed by atoms with Gasteiger partial charge in [-0.25, -0.2) is 4.57 Å². The van der Waals surface area contributed by atoms with E-state index in [0.29, 0.717) is 30.3 Å². The summed E-state index contributed by atoms with van der Waals surface area (Å²) >= 11 is 0. The Morgan fingerprint density at radius 2 is 1.05 bits per heavy atom. The number of esters is 2. The Balaban J connectivity index is 4.39. The van der Waals surface area contributed by atoms with Gasteiger partial charge < -0.3 is 24.0 Å². The first-order valence-corrected chi connectivity index (χ1v) is 27.0. The fourth-order valence-electron chi connectivity index (χ4n) is 6.94. The highest BCUT2D eigenvalue weighted by Crippen LogP contribution is 2.43. The number of hydrogen-bond donors (Lipinski definition) is 2. The molecule has 3 atom stereocenters. The Kier molecular flexibility index (Phi) is 42.4. The minimum atomic E-state index is -4.43. The van der Waals surface area contributed by atoms with Crippen LogP contribution in [0, 0.1) is 0 Å². The van der Waals surface area contributed by atoms with E-state index < -0.39 is 38.6 Å². The molecule has 10 nitrogen and oxygen atoms in total. The van der Waals surface area contributed by atoms with Gasteiger partial charge in [-0.2, -0.15) is 0 Å². The normalized spacial score (nSPS) is 14.3. The van der Waals surface area contributed by atoms with Gasteiger partial charge in [0.15, 0.2) is 6.10 Å². The second-order valence-electron chi connectivity index (χ2n) is 18.4. The first-order valence-electron chi connectivity index (χ1n) is 25.5. The summed E-state index contributed by atoms with van der Waals surface area (Å²) in [6.07, 6.45) is 49.1. The molecule has 0 fully saturated rings. The molecule has 0 aliphatic rings. The number of likely N-dealkylation sites (N-methyl/N-ethyl adjacent to an activating group) is 1. The van der Waals surface area contributed by atoms with Gasteiger partial charge in [0.25, 0.3) is 0 Å². The van der Waals surface area contributed by atoms with Crippen molar-refractivity contribution in [1.29, 1.82) is 0 Å². The lowest BCUT2D eigenvalue weighted by molar-refractivity contribution is -0.870. The number of hydrogen-bond acceptors (Lipinski definition) is 8. The summed E-state index contributed by atoms with van der Waals surface area (Å²) in [5.74, 6) is -0.994. The molecular weight excluding hydrogens is 814 g/mol. The van der Waals surface area contributed by atoms with Crippen LogP contribution in [0.15, 0.2) is 48.6 Å². The number of allylic oxidation sites excluding steroid dienone is 7. The Morgan fingerprint density at radius 1 is 0.571 bits per heavy atom. The van der Waals surface area contributed by atoms with Crippen molar-refractivity contribution in [3.8, 4) is 0 Å². The first-order chi connectivity index (χ1) is 30.4. The van der Waals surface area contributed by atoms with Crippen LogP contribution in [-0.4, -0.2) is 86.1 Å². The fourth-order valence-corrected chi connectivity index (χ4v) is 7.68. The smallest absolute Gasteiger partial charge is 0.462 e. The Hall–Kier alpha value is -2.07. The molecule has 0 radical (unpaired) electrons. The van der Waals surface area contributed by atoms with E-state index >= 15 is 0 Å². The zero-order valence-corrected chi connectivity index (χ0v) is 42.1. The van der Waals surface area contributed by atoms with Crippen molar-refractivity contribution in [3.63, 3.8) is 0 Å². The van der Waals surface area contributed by atoms with Crippen LogP contribution in [0.3, 0.4) is 0 Å². The Labute approximate surface area is 386 Å². The minimum absolute atomic E-state index is 0.00301. The quantitative estimate of drug-likeness (QED) is 0.0153. The maximum absolute atomic E-state index is 12.7. The van der Waals surface area contributed by atoms with Crippen LogP contribution in [0.5, 0.6) is 0 Å². The largest absolute Gasteiger partial charge is 0.472 e. The maximum Gasteiger partial charge on any atom is 0.472 e. The third-order valence-electron chi connectivity index (χ3n) is 11.0. The summed E-state index contributed by atoms with van der Waals surface area (Å²) in [5, 5.41) is 10.3. The molecule has 0 saturated heterocycles. The molecule has 0 bridgehead atoms. The predicted molar refractivity (Wildman–Crippen MR) is 263 cm³/mol. The highest BCUT2D eigenvalue weighted by atomic mass is 31.2. The SMILES string of the molecule is CCCCC/C=C\C/C=C\C/C=C\C=C\[C@H](O)CCCC(=O)O[C@H](COC(=O)CCCCCCCCCCCCCCCCCCCCCCC)COP(=O)(O)OCC[N+](C)(C)C. The van der Waals surface area contributed by atoms with Crippen LogP contribution >= 0.6 is 7.82 Å². The van der Waals surface area contributed by atoms with Crippen molar-refractivity contribution < 1.29 is 47.2 Å². The molecule has 0 aliphatic carbocycles. The molecule has 0 aliphatic heterocycles. The van der Waals surface area contributed by atoms with Crippen molar-refractivity contribution in [2.45, 2.75) is 225 Å². The topological polar surface area (TPSA) is 129 Å². The number of phosphoric acid groups is 1. The van der Waals surface area contributed by atoms with E-state index in [1.165, 1.54) is 135 Å². The number of quaternary nitrogens is 1. The molecule has 0 saturated carbocycles. The lowest BCUT2D eigenvalue weighted by Gasteiger charge is -2.24. The highest BCUT2D eigenvalue weighted by molar-refractivity contribution is 7.47. The van der Waals surface area contributed by atoms with Gasteiger partial charge >= 0.3 is 19.8 Å². The van der Waals surface area contributed by atoms with Gasteiger partial charge in [0.2, 0.25) is 0 Å². The lowest BCUT2D eigenvalue weighted by atomic mass is 10.0. The van der Waals surface area contributed by atoms with Gasteiger partial charge in [0.1, 0.15) is 19.8 Å². The van der Waals surface area contributed by atoms with Crippen molar-refractivity contribution in [3.05, 3.63) is 48.6 Å². The molecule has 11 heteroatoms. The van der Waals surface area contributed by atoms with E-state index in [4.69, 9.17) is 18.5 Å². The van der Waals surface area contributed by atoms with Crippen molar-refractivity contribution in [1.82, 2.24) is 0 Å². The van der Waals surface area contributed by atoms with E-state index in [2.05, 4.69) is 38.2 Å². The minimum Gasteiger partial charge on any atom is -0.462 e. The number of aliphatic hydroxyl groups excluding tert-OH is 1. The summed E-state index contributed by atoms with van der Waals surface area (Å²) in [5.41, 5.74) is 0. The Bertz CT molecular complexity index is 1230. The van der Waals surface area contributed by atoms with Crippen LogP contribution in [0.4, 0.5) is 0 Å². The van der Waals surface area contributed by atoms with Crippen molar-refractivity contribution in [2.24, 2.45) is 0 Å². The number of phosphoric ester groups is 1. The fraction of sp³-hybridized carbons (Fsp3) is 0.808. The third kappa shape index (κ3) is 47.7. The monoisotopic (exact) mass is 911 g/mol. The van der Waals surface area contributed by atoms with E-state index in [1.54, 1.807) is 12.2 Å². The number of carbonyl (C=O) groups excluding carboxylic acids is 2. The predicted octanol–water partition coefficient (Wildman–Crippen LogP) is 14.0. The molecular formula is C52H97NO9P+. The van der Waals surface area contributed by atoms with E-state index in [9.17, 15) is 24.2 Å². The molecule has 0 rings (SSSR count). The molecule has 0 amide bonds. The second kappa shape index (κ2) is 43.8. The average molecular weight is 911 g/mol. The molecule has 63 heavy (non-hydrogen) atoms. The second-order valence-corrected chi connectivity index (χ2v) is 19.9. The van der Waals surface area contributed by atoms with Crippen molar-refractivity contribution in [2.75, 3.05) is 47.5 Å². The first kappa shape index (κ1) is 60.9. The molecule has 0 heterocycles. The van der Waals surface area contributed by atoms with Gasteiger partial charge in [0.05, 0.1) is 33.9 Å². The highest BCUT2D eigenvalue weighted by Gasteiger charge is 2.27. The standard InChI is InChI=1S/C52H96NO9P/c1-6-8-10-12-14-16-18-20-21-22-23-24-25-26-27-29-31-33-35-37-39-43-51(55)59-47-50(48-61-63(57,58)60-46-45-53(3,4)5)62-52(56)44-40-42-49(54)41-38-36-34-32-30-28-19-17-15-13-11-9-7-2/h15,17,28,30,34,36,38,41,49-50,54H,6-14,16,18-27,29,31-33,35,37,39-40,42-48H2,1-5H3/p+1/b17-15-,30-28-,36-34-,41-38+/t49-,50+/m0/s1. The molecule has 0 aromatic heterocycles. The van der Waals surface area contributed by atoms with Crippen LogP contribution in [0.1, 0.15) is 213 Å². The van der Waals surface area contributed by atoms with Gasteiger partial charge in [-0.1, -0.05) is 204 Å². The van der Waals surface area contributed by atoms with E-state index in [0.717, 1.165) is 32.1 Å². The summed E-state index contributed by atoms with van der Waals surface area (Å²) < 4.78 is 34.3. The van der Waals surface area contributed by atoms with E-state index in [1.807, 2.05) is 33.3 Å². The Morgan fingerprint density at radius 3 is 1.59 bits per heavy atom. The van der Waals surface area contributed by atoms with Gasteiger partial charge in [-0.3, -0.25) is 18.6 Å². The van der Waals surface area contributed by atoms with Crippen LogP contribution in [0.2, 0.25) is 0 Å². The number of unbranched alkanes of at least 4 members (excludes halogenated alkanes) is 23. The number of ether oxygens (including phenoxy) is 2. The van der Waals surface area contributed by atoms with Crippen LogP contribution in [-0.2, 0) is 32.7 Å². The molecule has 0 aromatic rings. The van der Waals surface area contributed by atoms with Gasteiger partial charge in [-0.05, 0) is 44.9 Å². The summed E-state index contributed by atoms with van der Waals surface area (Å²) in [4.78, 5) is 35.5. The van der Waals surface area contributed by atoms with Crippen LogP contribution in [0.25, 0.3) is 0 Å². The molecule has 368 valence electrons. The van der Waals surface area contributed by atoms with Gasteiger partial charge in [0, 0.05) is 12.8 Å². The molecule has 0 spiro atoms. The van der Waals surface area contributed by atoms with Gasteiger partial charge in [-0.15, -0.1) is 0 Å². The average Bonchev–Trinajstić information content (AvgIpc) is 3.23. The summed E-state index contributed by atoms with van der Waals surface area (Å²) in [6, 6.07) is 0. The zero-order valence-electron chi connectivity index (χ0n) is 41.2. The lowest BCUT2D eigenvalue weighted by Crippen LogP contribution is -2.37. The molecule has 2 N–H and O–H groups in total. The maximum atomic E-state index is 12.7. The summed E-state index contributed by atoms with van der Waals surface area (Å²) in [6.45, 7) is 4.19. The van der Waals surface area contributed by atoms with Crippen LogP contribution < -0.4 is 0 Å². The summed E-state index contributed by atoms with van der Waals surface area (Å²) in [7, 11) is 1.36. The number of nitrogens with zero attached hydrogens (tertiary/aromatic N) is 1. The molecule has 1 unspecified atom stereocenters. The number of aliphatic hydroxyl groups is 1. The number of carbonyl (C=O) groups is 2. The van der Waals surface area contributed by atoms with E-state index in [-0.39, 0.29) is 26.1 Å². The number of rotatable bonds is 46. The molecule has 0 aromatic carbocycles. The third-order valence-corrected chi connectivity index (χ3v) is 12.0. The zero-order chi connectivity index (χ0) is 46.5. The van der Waals surface area contributed by atoms with Crippen molar-refractivity contribution >= 4 is 19.8 Å².